The van der Waals surface area contributed by atoms with Crippen molar-refractivity contribution in [2.24, 2.45) is 5.10 Å². The number of nitrogens with one attached hydrogen (secondary N) is 1. The number of anilines is 1. The number of hydrazone groups is 1. The maximum Gasteiger partial charge on any atom is 0.293 e. The maximum absolute atomic E-state index is 13.0. The number of amides is 1. The van der Waals surface area contributed by atoms with E-state index in [2.05, 4.69) is 36.1 Å². The van der Waals surface area contributed by atoms with E-state index in [1.807, 2.05) is 48.5 Å². The third-order valence-corrected chi connectivity index (χ3v) is 6.13. The van der Waals surface area contributed by atoms with E-state index in [4.69, 9.17) is 31.4 Å². The monoisotopic (exact) mass is 537 g/mol. The van der Waals surface area contributed by atoms with E-state index in [0.717, 1.165) is 11.1 Å². The zero-order chi connectivity index (χ0) is 26.3. The van der Waals surface area contributed by atoms with Crippen LogP contribution in [0.15, 0.2) is 58.3 Å². The molecule has 38 heavy (non-hydrogen) atoms. The Morgan fingerprint density at radius 3 is 2.68 bits per heavy atom. The number of benzene rings is 2. The molecule has 0 atom stereocenters. The average molecular weight is 538 g/mol. The molecule has 1 fully saturated rings. The van der Waals surface area contributed by atoms with Crippen molar-refractivity contribution < 1.29 is 18.9 Å². The molecule has 0 saturated carbocycles. The Labute approximate surface area is 222 Å². The lowest BCUT2D eigenvalue weighted by Gasteiger charge is -2.26. The summed E-state index contributed by atoms with van der Waals surface area (Å²) in [4.78, 5) is 15.1. The molecule has 196 valence electrons. The van der Waals surface area contributed by atoms with Gasteiger partial charge in [-0.3, -0.25) is 9.69 Å². The van der Waals surface area contributed by atoms with Gasteiger partial charge in [0.1, 0.15) is 12.4 Å². The molecule has 4 aromatic rings. The first-order valence-electron chi connectivity index (χ1n) is 11.7. The van der Waals surface area contributed by atoms with Gasteiger partial charge in [0, 0.05) is 30.2 Å². The van der Waals surface area contributed by atoms with Crippen LogP contribution in [0.25, 0.3) is 5.82 Å². The quantitative estimate of drug-likeness (QED) is 0.239. The van der Waals surface area contributed by atoms with Crippen LogP contribution in [0.3, 0.4) is 0 Å². The number of nitrogen functional groups attached to an aromatic ring is 1. The van der Waals surface area contributed by atoms with E-state index >= 15 is 0 Å². The van der Waals surface area contributed by atoms with E-state index < -0.39 is 5.91 Å². The molecule has 2 aromatic heterocycles. The van der Waals surface area contributed by atoms with Crippen molar-refractivity contribution in [3.63, 3.8) is 0 Å². The van der Waals surface area contributed by atoms with E-state index in [9.17, 15) is 4.79 Å². The zero-order valence-corrected chi connectivity index (χ0v) is 20.9. The minimum Gasteiger partial charge on any atom is -0.489 e. The number of aromatic nitrogens is 5. The Kier molecular flexibility index (Phi) is 7.87. The summed E-state index contributed by atoms with van der Waals surface area (Å²) < 4.78 is 17.2. The molecular formula is C24H24ClN9O4. The molecule has 3 heterocycles. The Balaban J connectivity index is 1.24. The molecule has 1 aliphatic heterocycles. The largest absolute Gasteiger partial charge is 0.489 e. The molecule has 0 bridgehead atoms. The lowest BCUT2D eigenvalue weighted by atomic mass is 10.2. The third kappa shape index (κ3) is 5.96. The maximum atomic E-state index is 13.0. The summed E-state index contributed by atoms with van der Waals surface area (Å²) in [5.41, 5.74) is 10.6. The topological polar surface area (TPSA) is 159 Å². The first-order valence-corrected chi connectivity index (χ1v) is 12.1. The number of carbonyl (C=O) groups is 1. The van der Waals surface area contributed by atoms with Crippen molar-refractivity contribution in [2.75, 3.05) is 32.0 Å². The van der Waals surface area contributed by atoms with Gasteiger partial charge in [0.15, 0.2) is 5.69 Å². The first kappa shape index (κ1) is 25.3. The first-order chi connectivity index (χ1) is 18.6. The highest BCUT2D eigenvalue weighted by atomic mass is 35.5. The van der Waals surface area contributed by atoms with Crippen molar-refractivity contribution in [2.45, 2.75) is 13.2 Å². The summed E-state index contributed by atoms with van der Waals surface area (Å²) >= 11 is 6.17. The fourth-order valence-electron chi connectivity index (χ4n) is 3.74. The second-order valence-corrected chi connectivity index (χ2v) is 8.71. The number of ether oxygens (including phenoxy) is 2. The number of halogens is 1. The van der Waals surface area contributed by atoms with Crippen molar-refractivity contribution in [1.82, 2.24) is 35.6 Å². The molecule has 0 radical (unpaired) electrons. The molecule has 2 aromatic carbocycles. The van der Waals surface area contributed by atoms with Crippen molar-refractivity contribution in [3.05, 3.63) is 76.1 Å². The SMILES string of the molecule is Nc1nonc1-n1nnc(C(=O)N/N=C\c2ccc(OCc3ccccc3Cl)cc2)c1CN1CCOCC1. The summed E-state index contributed by atoms with van der Waals surface area (Å²) in [6.45, 7) is 3.28. The highest BCUT2D eigenvalue weighted by Gasteiger charge is 2.26. The molecule has 1 saturated heterocycles. The molecular weight excluding hydrogens is 514 g/mol. The van der Waals surface area contributed by atoms with Crippen LogP contribution in [0.2, 0.25) is 5.02 Å². The fourth-order valence-corrected chi connectivity index (χ4v) is 3.93. The van der Waals surface area contributed by atoms with Crippen molar-refractivity contribution in [3.8, 4) is 11.6 Å². The van der Waals surface area contributed by atoms with Crippen LogP contribution in [0.1, 0.15) is 27.3 Å². The normalized spacial score (nSPS) is 14.1. The molecule has 1 aliphatic rings. The predicted molar refractivity (Wildman–Crippen MR) is 137 cm³/mol. The standard InChI is InChI=1S/C24H24ClN9O4/c25-19-4-2-1-3-17(19)15-37-18-7-5-16(6-8-18)13-27-29-24(35)21-20(14-33-9-11-36-12-10-33)34(32-28-21)23-22(26)30-38-31-23/h1-8,13H,9-12,14-15H2,(H2,26,30)(H,29,35)/b27-13-. The zero-order valence-electron chi connectivity index (χ0n) is 20.2. The Morgan fingerprint density at radius 1 is 1.16 bits per heavy atom. The number of morpholine rings is 1. The fraction of sp³-hybridized carbons (Fsp3) is 0.250. The lowest BCUT2D eigenvalue weighted by Crippen LogP contribution is -2.37. The van der Waals surface area contributed by atoms with Crippen LogP contribution >= 0.6 is 11.6 Å². The van der Waals surface area contributed by atoms with Gasteiger partial charge in [0.2, 0.25) is 11.6 Å². The van der Waals surface area contributed by atoms with E-state index in [1.165, 1.54) is 10.9 Å². The van der Waals surface area contributed by atoms with Gasteiger partial charge in [-0.1, -0.05) is 35.0 Å². The van der Waals surface area contributed by atoms with Crippen LogP contribution in [0.5, 0.6) is 5.75 Å². The molecule has 0 aliphatic carbocycles. The molecule has 3 N–H and O–H groups in total. The highest BCUT2D eigenvalue weighted by molar-refractivity contribution is 6.31. The summed E-state index contributed by atoms with van der Waals surface area (Å²) in [7, 11) is 0. The van der Waals surface area contributed by atoms with E-state index in [1.54, 1.807) is 0 Å². The summed E-state index contributed by atoms with van der Waals surface area (Å²) in [6.07, 6.45) is 1.52. The number of rotatable bonds is 9. The minimum absolute atomic E-state index is 0.0300. The molecule has 5 rings (SSSR count). The van der Waals surface area contributed by atoms with Gasteiger partial charge >= 0.3 is 0 Å². The Bertz CT molecular complexity index is 1410. The van der Waals surface area contributed by atoms with Crippen molar-refractivity contribution in [1.29, 1.82) is 0 Å². The van der Waals surface area contributed by atoms with Crippen LogP contribution in [0.4, 0.5) is 5.82 Å². The van der Waals surface area contributed by atoms with Gasteiger partial charge in [-0.15, -0.1) is 5.10 Å². The number of nitrogens with two attached hydrogens (primary N) is 1. The average Bonchev–Trinajstić information content (AvgIpc) is 3.55. The van der Waals surface area contributed by atoms with Crippen LogP contribution in [0, 0.1) is 0 Å². The second kappa shape index (κ2) is 11.8. The number of hydrogen-bond donors (Lipinski definition) is 2. The van der Waals surface area contributed by atoms with Crippen LogP contribution < -0.4 is 15.9 Å². The molecule has 14 heteroatoms. The van der Waals surface area contributed by atoms with Gasteiger partial charge < -0.3 is 15.2 Å². The van der Waals surface area contributed by atoms with Gasteiger partial charge in [0.25, 0.3) is 5.91 Å². The van der Waals surface area contributed by atoms with Gasteiger partial charge in [-0.2, -0.15) is 9.78 Å². The third-order valence-electron chi connectivity index (χ3n) is 5.76. The molecule has 0 unspecified atom stereocenters. The molecule has 1 amide bonds. The summed E-state index contributed by atoms with van der Waals surface area (Å²) in [5.74, 6) is 0.324. The molecule has 0 spiro atoms. The molecule has 13 nitrogen and oxygen atoms in total. The Morgan fingerprint density at radius 2 is 1.95 bits per heavy atom. The second-order valence-electron chi connectivity index (χ2n) is 8.31. The summed E-state index contributed by atoms with van der Waals surface area (Å²) in [5, 5.41) is 20.2. The van der Waals surface area contributed by atoms with E-state index in [0.29, 0.717) is 55.9 Å². The minimum atomic E-state index is -0.537. The lowest BCUT2D eigenvalue weighted by molar-refractivity contribution is 0.0332. The van der Waals surface area contributed by atoms with Gasteiger partial charge in [-0.25, -0.2) is 10.1 Å². The Hall–Kier alpha value is -4.33. The summed E-state index contributed by atoms with van der Waals surface area (Å²) in [6, 6.07) is 14.8. The number of nitrogens with zero attached hydrogens (tertiary/aromatic N) is 7. The van der Waals surface area contributed by atoms with Crippen LogP contribution in [-0.2, 0) is 17.9 Å². The van der Waals surface area contributed by atoms with Gasteiger partial charge in [-0.05, 0) is 46.2 Å². The van der Waals surface area contributed by atoms with E-state index in [-0.39, 0.29) is 17.3 Å². The van der Waals surface area contributed by atoms with Gasteiger partial charge in [0.05, 0.1) is 25.1 Å². The smallest absolute Gasteiger partial charge is 0.293 e. The highest BCUT2D eigenvalue weighted by Crippen LogP contribution is 2.20. The van der Waals surface area contributed by atoms with Crippen LogP contribution in [-0.4, -0.2) is 68.6 Å². The predicted octanol–water partition coefficient (Wildman–Crippen LogP) is 2.06. The number of carbonyl (C=O) groups excluding carboxylic acids is 1. The van der Waals surface area contributed by atoms with Crippen molar-refractivity contribution >= 4 is 29.5 Å². The number of hydrogen-bond acceptors (Lipinski definition) is 11.